The van der Waals surface area contributed by atoms with Gasteiger partial charge in [0.05, 0.1) is 0 Å². The summed E-state index contributed by atoms with van der Waals surface area (Å²) in [5.41, 5.74) is 3.52. The molecule has 0 spiro atoms. The maximum Gasteiger partial charge on any atom is 0.0407 e. The van der Waals surface area contributed by atoms with E-state index in [-0.39, 0.29) is 0 Å². The Balaban J connectivity index is 1.74. The number of hydrogen-bond donors (Lipinski definition) is 2. The molecule has 2 aromatic rings. The van der Waals surface area contributed by atoms with Gasteiger partial charge in [0.25, 0.3) is 0 Å². The summed E-state index contributed by atoms with van der Waals surface area (Å²) in [6.45, 7) is 3.85. The lowest BCUT2D eigenvalue weighted by Gasteiger charge is -2.09. The third kappa shape index (κ3) is 3.97. The Morgan fingerprint density at radius 2 is 1.56 bits per heavy atom. The summed E-state index contributed by atoms with van der Waals surface area (Å²) in [7, 11) is 0. The molecule has 0 aliphatic carbocycles. The maximum atomic E-state index is 5.83. The largest absolute Gasteiger partial charge is 0.383 e. The SMILES string of the molecule is Cc1cccc(NCCNc2ccc(Cl)cc2)c1. The molecule has 18 heavy (non-hydrogen) atoms. The van der Waals surface area contributed by atoms with Crippen LogP contribution in [0.25, 0.3) is 0 Å². The van der Waals surface area contributed by atoms with E-state index in [0.717, 1.165) is 29.5 Å². The molecule has 0 bridgehead atoms. The first kappa shape index (κ1) is 12.8. The van der Waals surface area contributed by atoms with E-state index in [2.05, 4.69) is 41.8 Å². The van der Waals surface area contributed by atoms with Crippen LogP contribution < -0.4 is 10.6 Å². The molecule has 0 fully saturated rings. The van der Waals surface area contributed by atoms with Crippen LogP contribution in [-0.4, -0.2) is 13.1 Å². The van der Waals surface area contributed by atoms with Crippen LogP contribution in [0.3, 0.4) is 0 Å². The summed E-state index contributed by atoms with van der Waals surface area (Å²) >= 11 is 5.83. The van der Waals surface area contributed by atoms with Crippen molar-refractivity contribution >= 4 is 23.0 Å². The Bertz CT molecular complexity index is 494. The minimum atomic E-state index is 0.762. The topological polar surface area (TPSA) is 24.1 Å². The van der Waals surface area contributed by atoms with Crippen LogP contribution >= 0.6 is 11.6 Å². The van der Waals surface area contributed by atoms with E-state index in [1.807, 2.05) is 24.3 Å². The molecule has 0 aliphatic rings. The fraction of sp³-hybridized carbons (Fsp3) is 0.200. The summed E-state index contributed by atoms with van der Waals surface area (Å²) in [4.78, 5) is 0. The highest BCUT2D eigenvalue weighted by molar-refractivity contribution is 6.30. The Hall–Kier alpha value is -1.67. The van der Waals surface area contributed by atoms with Crippen molar-refractivity contribution in [1.82, 2.24) is 0 Å². The number of hydrogen-bond acceptors (Lipinski definition) is 2. The lowest BCUT2D eigenvalue weighted by Crippen LogP contribution is -2.13. The van der Waals surface area contributed by atoms with Crippen LogP contribution in [0.1, 0.15) is 5.56 Å². The molecule has 2 rings (SSSR count). The molecule has 2 aromatic carbocycles. The van der Waals surface area contributed by atoms with E-state index in [4.69, 9.17) is 11.6 Å². The van der Waals surface area contributed by atoms with E-state index >= 15 is 0 Å². The van der Waals surface area contributed by atoms with Crippen LogP contribution in [0, 0.1) is 6.92 Å². The third-order valence-electron chi connectivity index (χ3n) is 2.65. The van der Waals surface area contributed by atoms with Crippen LogP contribution in [0.4, 0.5) is 11.4 Å². The molecule has 0 aliphatic heterocycles. The van der Waals surface area contributed by atoms with Gasteiger partial charge in [-0.1, -0.05) is 23.7 Å². The zero-order chi connectivity index (χ0) is 12.8. The molecule has 0 heterocycles. The van der Waals surface area contributed by atoms with Crippen molar-refractivity contribution in [2.45, 2.75) is 6.92 Å². The predicted molar refractivity (Wildman–Crippen MR) is 79.6 cm³/mol. The number of benzene rings is 2. The van der Waals surface area contributed by atoms with Gasteiger partial charge in [-0.3, -0.25) is 0 Å². The lowest BCUT2D eigenvalue weighted by atomic mass is 10.2. The van der Waals surface area contributed by atoms with Crippen molar-refractivity contribution in [3.8, 4) is 0 Å². The Morgan fingerprint density at radius 1 is 0.889 bits per heavy atom. The molecule has 0 atom stereocenters. The molecule has 0 radical (unpaired) electrons. The maximum absolute atomic E-state index is 5.83. The fourth-order valence-corrected chi connectivity index (χ4v) is 1.86. The minimum Gasteiger partial charge on any atom is -0.383 e. The normalized spacial score (nSPS) is 10.1. The highest BCUT2D eigenvalue weighted by Crippen LogP contribution is 2.13. The van der Waals surface area contributed by atoms with Crippen molar-refractivity contribution < 1.29 is 0 Å². The minimum absolute atomic E-state index is 0.762. The highest BCUT2D eigenvalue weighted by atomic mass is 35.5. The van der Waals surface area contributed by atoms with Crippen LogP contribution in [0.15, 0.2) is 48.5 Å². The molecule has 0 saturated carbocycles. The first-order valence-electron chi connectivity index (χ1n) is 6.04. The molecule has 2 nitrogen and oxygen atoms in total. The van der Waals surface area contributed by atoms with Crippen molar-refractivity contribution in [2.24, 2.45) is 0 Å². The smallest absolute Gasteiger partial charge is 0.0407 e. The molecule has 94 valence electrons. The summed E-state index contributed by atoms with van der Waals surface area (Å²) < 4.78 is 0. The average molecular weight is 261 g/mol. The van der Waals surface area contributed by atoms with Crippen LogP contribution in [0.2, 0.25) is 5.02 Å². The van der Waals surface area contributed by atoms with Crippen molar-refractivity contribution in [1.29, 1.82) is 0 Å². The average Bonchev–Trinajstić information content (AvgIpc) is 2.37. The van der Waals surface area contributed by atoms with Gasteiger partial charge in [0.2, 0.25) is 0 Å². The number of rotatable bonds is 5. The van der Waals surface area contributed by atoms with Gasteiger partial charge >= 0.3 is 0 Å². The number of halogens is 1. The zero-order valence-corrected chi connectivity index (χ0v) is 11.2. The predicted octanol–water partition coefficient (Wildman–Crippen LogP) is 4.17. The summed E-state index contributed by atoms with van der Waals surface area (Å²) in [5.74, 6) is 0. The molecular weight excluding hydrogens is 244 g/mol. The molecule has 0 saturated heterocycles. The molecule has 3 heteroatoms. The van der Waals surface area contributed by atoms with Gasteiger partial charge in [-0.2, -0.15) is 0 Å². The van der Waals surface area contributed by atoms with E-state index in [1.54, 1.807) is 0 Å². The zero-order valence-electron chi connectivity index (χ0n) is 10.4. The van der Waals surface area contributed by atoms with Gasteiger partial charge in [0.15, 0.2) is 0 Å². The second-order valence-electron chi connectivity index (χ2n) is 4.23. The van der Waals surface area contributed by atoms with Crippen molar-refractivity contribution in [3.63, 3.8) is 0 Å². The van der Waals surface area contributed by atoms with Gasteiger partial charge in [-0.15, -0.1) is 0 Å². The Morgan fingerprint density at radius 3 is 2.22 bits per heavy atom. The van der Waals surface area contributed by atoms with Gasteiger partial charge in [-0.25, -0.2) is 0 Å². The quantitative estimate of drug-likeness (QED) is 0.789. The lowest BCUT2D eigenvalue weighted by molar-refractivity contribution is 1.08. The van der Waals surface area contributed by atoms with Crippen LogP contribution in [-0.2, 0) is 0 Å². The van der Waals surface area contributed by atoms with E-state index < -0.39 is 0 Å². The second kappa shape index (κ2) is 6.31. The van der Waals surface area contributed by atoms with Gasteiger partial charge < -0.3 is 10.6 Å². The summed E-state index contributed by atoms with van der Waals surface area (Å²) in [6.07, 6.45) is 0. The summed E-state index contributed by atoms with van der Waals surface area (Å²) in [6, 6.07) is 16.1. The number of aryl methyl sites for hydroxylation is 1. The number of nitrogens with one attached hydrogen (secondary N) is 2. The van der Waals surface area contributed by atoms with Gasteiger partial charge in [-0.05, 0) is 48.9 Å². The molecular formula is C15H17ClN2. The second-order valence-corrected chi connectivity index (χ2v) is 4.67. The first-order valence-corrected chi connectivity index (χ1v) is 6.42. The summed E-state index contributed by atoms with van der Waals surface area (Å²) in [5, 5.41) is 7.48. The third-order valence-corrected chi connectivity index (χ3v) is 2.90. The van der Waals surface area contributed by atoms with Crippen molar-refractivity contribution in [3.05, 3.63) is 59.1 Å². The van der Waals surface area contributed by atoms with Gasteiger partial charge in [0, 0.05) is 29.5 Å². The monoisotopic (exact) mass is 260 g/mol. The van der Waals surface area contributed by atoms with Crippen molar-refractivity contribution in [2.75, 3.05) is 23.7 Å². The Kier molecular flexibility index (Phi) is 4.48. The number of anilines is 2. The standard InChI is InChI=1S/C15H17ClN2/c1-12-3-2-4-15(11-12)18-10-9-17-14-7-5-13(16)6-8-14/h2-8,11,17-18H,9-10H2,1H3. The Labute approximate surface area is 113 Å². The molecule has 0 unspecified atom stereocenters. The van der Waals surface area contributed by atoms with E-state index in [1.165, 1.54) is 5.56 Å². The highest BCUT2D eigenvalue weighted by Gasteiger charge is 1.93. The molecule has 2 N–H and O–H groups in total. The first-order chi connectivity index (χ1) is 8.74. The van der Waals surface area contributed by atoms with E-state index in [9.17, 15) is 0 Å². The fourth-order valence-electron chi connectivity index (χ4n) is 1.74. The molecule has 0 aromatic heterocycles. The molecule has 0 amide bonds. The van der Waals surface area contributed by atoms with Gasteiger partial charge in [0.1, 0.15) is 0 Å². The van der Waals surface area contributed by atoms with Crippen LogP contribution in [0.5, 0.6) is 0 Å². The van der Waals surface area contributed by atoms with E-state index in [0.29, 0.717) is 0 Å².